The molecule has 1 N–H and O–H groups in total. The standard InChI is InChI=1S/C13H19BrN2/c1-9(15-2)10-4-7-13(12(14)8-10)16(3)11-5-6-11/h4,7-9,11,15H,5-6H2,1-3H3. The largest absolute Gasteiger partial charge is 0.371 e. The van der Waals surface area contributed by atoms with E-state index in [-0.39, 0.29) is 0 Å². The molecule has 0 aliphatic heterocycles. The molecular formula is C13H19BrN2. The summed E-state index contributed by atoms with van der Waals surface area (Å²) in [4.78, 5) is 2.37. The van der Waals surface area contributed by atoms with E-state index >= 15 is 0 Å². The van der Waals surface area contributed by atoms with Gasteiger partial charge in [0.05, 0.1) is 5.69 Å². The Bertz CT molecular complexity index is 374. The van der Waals surface area contributed by atoms with E-state index in [1.807, 2.05) is 7.05 Å². The summed E-state index contributed by atoms with van der Waals surface area (Å²) in [6, 6.07) is 7.79. The number of benzene rings is 1. The highest BCUT2D eigenvalue weighted by atomic mass is 79.9. The molecular weight excluding hydrogens is 264 g/mol. The summed E-state index contributed by atoms with van der Waals surface area (Å²) in [6.07, 6.45) is 2.66. The van der Waals surface area contributed by atoms with Gasteiger partial charge in [0.15, 0.2) is 0 Å². The summed E-state index contributed by atoms with van der Waals surface area (Å²) in [5.41, 5.74) is 2.62. The van der Waals surface area contributed by atoms with Crippen LogP contribution in [0.3, 0.4) is 0 Å². The van der Waals surface area contributed by atoms with Crippen molar-refractivity contribution in [3.63, 3.8) is 0 Å². The molecule has 0 amide bonds. The highest BCUT2D eigenvalue weighted by Gasteiger charge is 2.27. The Kier molecular flexibility index (Phi) is 3.55. The Morgan fingerprint density at radius 1 is 1.44 bits per heavy atom. The lowest BCUT2D eigenvalue weighted by molar-refractivity contribution is 0.652. The molecule has 0 spiro atoms. The zero-order valence-corrected chi connectivity index (χ0v) is 11.7. The molecule has 1 saturated carbocycles. The maximum Gasteiger partial charge on any atom is 0.0510 e. The monoisotopic (exact) mass is 282 g/mol. The van der Waals surface area contributed by atoms with Crippen LogP contribution in [0.2, 0.25) is 0 Å². The van der Waals surface area contributed by atoms with Gasteiger partial charge in [-0.2, -0.15) is 0 Å². The van der Waals surface area contributed by atoms with E-state index in [9.17, 15) is 0 Å². The molecule has 1 aromatic rings. The molecule has 88 valence electrons. The Morgan fingerprint density at radius 3 is 2.62 bits per heavy atom. The summed E-state index contributed by atoms with van der Waals surface area (Å²) in [7, 11) is 4.17. The summed E-state index contributed by atoms with van der Waals surface area (Å²) >= 11 is 3.67. The summed E-state index contributed by atoms with van der Waals surface area (Å²) in [5, 5.41) is 3.26. The minimum atomic E-state index is 0.400. The van der Waals surface area contributed by atoms with Crippen LogP contribution in [0.25, 0.3) is 0 Å². The summed E-state index contributed by atoms with van der Waals surface area (Å²) in [5.74, 6) is 0. The molecule has 1 unspecified atom stereocenters. The van der Waals surface area contributed by atoms with E-state index < -0.39 is 0 Å². The minimum Gasteiger partial charge on any atom is -0.371 e. The molecule has 0 aromatic heterocycles. The number of nitrogens with zero attached hydrogens (tertiary/aromatic N) is 1. The van der Waals surface area contributed by atoms with E-state index in [4.69, 9.17) is 0 Å². The minimum absolute atomic E-state index is 0.400. The zero-order valence-electron chi connectivity index (χ0n) is 10.1. The van der Waals surface area contributed by atoms with Crippen LogP contribution in [0.15, 0.2) is 22.7 Å². The quantitative estimate of drug-likeness (QED) is 0.911. The third-order valence-electron chi connectivity index (χ3n) is 3.38. The van der Waals surface area contributed by atoms with E-state index in [0.29, 0.717) is 6.04 Å². The highest BCUT2D eigenvalue weighted by Crippen LogP contribution is 2.35. The van der Waals surface area contributed by atoms with Crippen molar-refractivity contribution in [3.05, 3.63) is 28.2 Å². The van der Waals surface area contributed by atoms with Crippen molar-refractivity contribution >= 4 is 21.6 Å². The Labute approximate surface area is 106 Å². The smallest absolute Gasteiger partial charge is 0.0510 e. The van der Waals surface area contributed by atoms with Crippen LogP contribution < -0.4 is 10.2 Å². The first kappa shape index (κ1) is 11.9. The number of hydrogen-bond acceptors (Lipinski definition) is 2. The van der Waals surface area contributed by atoms with Crippen molar-refractivity contribution in [2.75, 3.05) is 19.0 Å². The predicted octanol–water partition coefficient (Wildman–Crippen LogP) is 3.33. The van der Waals surface area contributed by atoms with Gasteiger partial charge in [-0.25, -0.2) is 0 Å². The molecule has 1 aromatic carbocycles. The van der Waals surface area contributed by atoms with Crippen molar-refractivity contribution in [3.8, 4) is 0 Å². The lowest BCUT2D eigenvalue weighted by atomic mass is 10.1. The lowest BCUT2D eigenvalue weighted by Gasteiger charge is -2.21. The van der Waals surface area contributed by atoms with Crippen LogP contribution in [0.5, 0.6) is 0 Å². The summed E-state index contributed by atoms with van der Waals surface area (Å²) in [6.45, 7) is 2.17. The Morgan fingerprint density at radius 2 is 2.12 bits per heavy atom. The van der Waals surface area contributed by atoms with Crippen molar-refractivity contribution in [1.82, 2.24) is 5.32 Å². The molecule has 1 atom stereocenters. The van der Waals surface area contributed by atoms with Gasteiger partial charge in [-0.05, 0) is 60.4 Å². The van der Waals surface area contributed by atoms with Gasteiger partial charge in [0.25, 0.3) is 0 Å². The third-order valence-corrected chi connectivity index (χ3v) is 4.01. The molecule has 3 heteroatoms. The molecule has 1 aliphatic carbocycles. The summed E-state index contributed by atoms with van der Waals surface area (Å²) < 4.78 is 1.20. The molecule has 0 bridgehead atoms. The van der Waals surface area contributed by atoms with Gasteiger partial charge in [-0.15, -0.1) is 0 Å². The van der Waals surface area contributed by atoms with E-state index in [2.05, 4.69) is 58.3 Å². The number of rotatable bonds is 4. The average molecular weight is 283 g/mol. The predicted molar refractivity (Wildman–Crippen MR) is 73.0 cm³/mol. The molecule has 2 rings (SSSR count). The van der Waals surface area contributed by atoms with Crippen molar-refractivity contribution in [2.24, 2.45) is 0 Å². The fraction of sp³-hybridized carbons (Fsp3) is 0.538. The first-order valence-electron chi connectivity index (χ1n) is 5.83. The maximum atomic E-state index is 3.67. The van der Waals surface area contributed by atoms with Crippen LogP contribution in [0.4, 0.5) is 5.69 Å². The van der Waals surface area contributed by atoms with Crippen LogP contribution in [-0.2, 0) is 0 Å². The molecule has 0 heterocycles. The number of anilines is 1. The lowest BCUT2D eigenvalue weighted by Crippen LogP contribution is -2.20. The normalized spacial score (nSPS) is 17.2. The van der Waals surface area contributed by atoms with Gasteiger partial charge < -0.3 is 10.2 Å². The molecule has 0 radical (unpaired) electrons. The zero-order chi connectivity index (χ0) is 11.7. The second-order valence-corrected chi connectivity index (χ2v) is 5.42. The third kappa shape index (κ3) is 2.41. The second-order valence-electron chi connectivity index (χ2n) is 4.56. The van der Waals surface area contributed by atoms with Gasteiger partial charge in [0.2, 0.25) is 0 Å². The number of hydrogen-bond donors (Lipinski definition) is 1. The van der Waals surface area contributed by atoms with Gasteiger partial charge in [0.1, 0.15) is 0 Å². The van der Waals surface area contributed by atoms with Crippen molar-refractivity contribution < 1.29 is 0 Å². The van der Waals surface area contributed by atoms with E-state index in [0.717, 1.165) is 6.04 Å². The van der Waals surface area contributed by atoms with Crippen LogP contribution in [-0.4, -0.2) is 20.1 Å². The SMILES string of the molecule is CNC(C)c1ccc(N(C)C2CC2)c(Br)c1. The maximum absolute atomic E-state index is 3.67. The van der Waals surface area contributed by atoms with Crippen molar-refractivity contribution in [1.29, 1.82) is 0 Å². The van der Waals surface area contributed by atoms with E-state index in [1.54, 1.807) is 0 Å². The van der Waals surface area contributed by atoms with E-state index in [1.165, 1.54) is 28.6 Å². The van der Waals surface area contributed by atoms with Crippen LogP contribution >= 0.6 is 15.9 Å². The second kappa shape index (κ2) is 4.76. The fourth-order valence-electron chi connectivity index (χ4n) is 1.90. The fourth-order valence-corrected chi connectivity index (χ4v) is 2.58. The Balaban J connectivity index is 2.21. The van der Waals surface area contributed by atoms with Gasteiger partial charge in [-0.1, -0.05) is 6.07 Å². The first-order chi connectivity index (χ1) is 7.63. The molecule has 1 aliphatic rings. The van der Waals surface area contributed by atoms with Gasteiger partial charge in [-0.3, -0.25) is 0 Å². The molecule has 2 nitrogen and oxygen atoms in total. The van der Waals surface area contributed by atoms with Crippen LogP contribution in [0, 0.1) is 0 Å². The molecule has 0 saturated heterocycles. The molecule has 16 heavy (non-hydrogen) atoms. The first-order valence-corrected chi connectivity index (χ1v) is 6.62. The van der Waals surface area contributed by atoms with Gasteiger partial charge >= 0.3 is 0 Å². The topological polar surface area (TPSA) is 15.3 Å². The van der Waals surface area contributed by atoms with Crippen molar-refractivity contribution in [2.45, 2.75) is 31.8 Å². The van der Waals surface area contributed by atoms with Crippen LogP contribution in [0.1, 0.15) is 31.4 Å². The molecule has 1 fully saturated rings. The number of halogens is 1. The van der Waals surface area contributed by atoms with Gasteiger partial charge in [0, 0.05) is 23.6 Å². The average Bonchev–Trinajstić information content (AvgIpc) is 3.10. The highest BCUT2D eigenvalue weighted by molar-refractivity contribution is 9.10. The Hall–Kier alpha value is -0.540. The number of nitrogens with one attached hydrogen (secondary N) is 1.